The van der Waals surface area contributed by atoms with E-state index in [0.717, 1.165) is 0 Å². The van der Waals surface area contributed by atoms with Gasteiger partial charge in [-0.25, -0.2) is 4.79 Å². The van der Waals surface area contributed by atoms with Crippen molar-refractivity contribution < 1.29 is 19.5 Å². The molecule has 6 heteroatoms. The smallest absolute Gasteiger partial charge is 0.335 e. The number of benzene rings is 1. The van der Waals surface area contributed by atoms with Crippen molar-refractivity contribution in [1.29, 1.82) is 0 Å². The molecule has 0 fully saturated rings. The molecule has 0 heterocycles. The zero-order chi connectivity index (χ0) is 13.7. The van der Waals surface area contributed by atoms with Crippen molar-refractivity contribution in [2.24, 2.45) is 5.73 Å². The lowest BCUT2D eigenvalue weighted by molar-refractivity contribution is -0.133. The average molecular weight is 250 g/mol. The number of carbonyl (C=O) groups excluding carboxylic acids is 2. The van der Waals surface area contributed by atoms with Gasteiger partial charge in [-0.3, -0.25) is 9.59 Å². The summed E-state index contributed by atoms with van der Waals surface area (Å²) in [5.41, 5.74) is 5.47. The maximum Gasteiger partial charge on any atom is 0.335 e. The van der Waals surface area contributed by atoms with Crippen molar-refractivity contribution in [2.75, 3.05) is 13.6 Å². The summed E-state index contributed by atoms with van der Waals surface area (Å²) in [6.07, 6.45) is -0.0771. The van der Waals surface area contributed by atoms with Crippen molar-refractivity contribution in [2.45, 2.75) is 6.42 Å². The third-order valence-corrected chi connectivity index (χ3v) is 2.41. The summed E-state index contributed by atoms with van der Waals surface area (Å²) in [6.45, 7) is -0.186. The zero-order valence-corrected chi connectivity index (χ0v) is 9.92. The second-order valence-electron chi connectivity index (χ2n) is 3.86. The van der Waals surface area contributed by atoms with Gasteiger partial charge in [0.2, 0.25) is 11.8 Å². The van der Waals surface area contributed by atoms with Gasteiger partial charge in [0.15, 0.2) is 0 Å². The molecule has 0 saturated heterocycles. The first kappa shape index (κ1) is 13.7. The van der Waals surface area contributed by atoms with Crippen LogP contribution < -0.4 is 5.73 Å². The van der Waals surface area contributed by atoms with Gasteiger partial charge in [-0.1, -0.05) is 18.2 Å². The maximum atomic E-state index is 11.7. The van der Waals surface area contributed by atoms with E-state index in [-0.39, 0.29) is 24.4 Å². The Hall–Kier alpha value is -2.37. The van der Waals surface area contributed by atoms with Gasteiger partial charge in [-0.05, 0) is 11.6 Å². The van der Waals surface area contributed by atoms with Crippen molar-refractivity contribution in [3.05, 3.63) is 35.4 Å². The predicted octanol–water partition coefficient (Wildman–Crippen LogP) is -0.129. The largest absolute Gasteiger partial charge is 0.478 e. The topological polar surface area (TPSA) is 101 Å². The number of primary amides is 1. The van der Waals surface area contributed by atoms with Gasteiger partial charge in [0.1, 0.15) is 0 Å². The minimum Gasteiger partial charge on any atom is -0.478 e. The highest BCUT2D eigenvalue weighted by Crippen LogP contribution is 2.10. The number of nitrogens with two attached hydrogens (primary N) is 1. The van der Waals surface area contributed by atoms with Crippen LogP contribution in [0.25, 0.3) is 0 Å². The lowest BCUT2D eigenvalue weighted by atomic mass is 10.0. The molecule has 0 aromatic heterocycles. The number of hydrogen-bond donors (Lipinski definition) is 2. The molecule has 0 radical (unpaired) electrons. The lowest BCUT2D eigenvalue weighted by Gasteiger charge is -2.15. The van der Waals surface area contributed by atoms with Gasteiger partial charge >= 0.3 is 5.97 Å². The Balaban J connectivity index is 2.82. The number of carboxylic acids is 1. The van der Waals surface area contributed by atoms with Gasteiger partial charge < -0.3 is 15.7 Å². The van der Waals surface area contributed by atoms with Gasteiger partial charge in [-0.15, -0.1) is 0 Å². The summed E-state index contributed by atoms with van der Waals surface area (Å²) in [4.78, 5) is 34.5. The molecule has 96 valence electrons. The van der Waals surface area contributed by atoms with E-state index in [0.29, 0.717) is 5.56 Å². The highest BCUT2D eigenvalue weighted by Gasteiger charge is 2.16. The standard InChI is InChI=1S/C12H14N2O4/c1-14(7-10(13)15)11(16)6-8-4-2-3-5-9(8)12(17)18/h2-5H,6-7H2,1H3,(H2,13,15)(H,17,18). The first-order valence-corrected chi connectivity index (χ1v) is 5.25. The van der Waals surface area contributed by atoms with Crippen LogP contribution in [0.1, 0.15) is 15.9 Å². The third-order valence-electron chi connectivity index (χ3n) is 2.41. The Kier molecular flexibility index (Phi) is 4.42. The summed E-state index contributed by atoms with van der Waals surface area (Å²) in [5, 5.41) is 8.96. The molecule has 0 unspecified atom stereocenters. The fraction of sp³-hybridized carbons (Fsp3) is 0.250. The van der Waals surface area contributed by atoms with Crippen LogP contribution in [0.3, 0.4) is 0 Å². The van der Waals surface area contributed by atoms with E-state index in [1.165, 1.54) is 18.0 Å². The molecule has 1 aromatic rings. The molecule has 1 rings (SSSR count). The van der Waals surface area contributed by atoms with Gasteiger partial charge in [0.25, 0.3) is 0 Å². The molecule has 0 aliphatic carbocycles. The molecular weight excluding hydrogens is 236 g/mol. The molecule has 0 spiro atoms. The second kappa shape index (κ2) is 5.81. The Morgan fingerprint density at radius 3 is 2.44 bits per heavy atom. The summed E-state index contributed by atoms with van der Waals surface area (Å²) in [5.74, 6) is -2.06. The average Bonchev–Trinajstić information content (AvgIpc) is 2.28. The Morgan fingerprint density at radius 2 is 1.89 bits per heavy atom. The Bertz CT molecular complexity index is 485. The molecule has 6 nitrogen and oxygen atoms in total. The summed E-state index contributed by atoms with van der Waals surface area (Å²) in [6, 6.07) is 6.24. The normalized spacial score (nSPS) is 9.83. The minimum absolute atomic E-state index is 0.0771. The molecule has 0 atom stereocenters. The van der Waals surface area contributed by atoms with Crippen LogP contribution in [-0.2, 0) is 16.0 Å². The minimum atomic E-state index is -1.09. The Labute approximate surface area is 104 Å². The van der Waals surface area contributed by atoms with Gasteiger partial charge in [-0.2, -0.15) is 0 Å². The molecule has 2 amide bonds. The van der Waals surface area contributed by atoms with E-state index in [1.807, 2.05) is 0 Å². The summed E-state index contributed by atoms with van der Waals surface area (Å²) >= 11 is 0. The number of aromatic carboxylic acids is 1. The lowest BCUT2D eigenvalue weighted by Crippen LogP contribution is -2.36. The van der Waals surface area contributed by atoms with Gasteiger partial charge in [0, 0.05) is 7.05 Å². The fourth-order valence-electron chi connectivity index (χ4n) is 1.50. The number of rotatable bonds is 5. The van der Waals surface area contributed by atoms with E-state index in [1.54, 1.807) is 18.2 Å². The van der Waals surface area contributed by atoms with Crippen molar-refractivity contribution in [3.8, 4) is 0 Å². The summed E-state index contributed by atoms with van der Waals surface area (Å²) < 4.78 is 0. The maximum absolute atomic E-state index is 11.7. The van der Waals surface area contributed by atoms with Crippen molar-refractivity contribution >= 4 is 17.8 Å². The number of carboxylic acid groups (broad SMARTS) is 1. The predicted molar refractivity (Wildman–Crippen MR) is 63.9 cm³/mol. The molecule has 0 saturated carbocycles. The summed E-state index contributed by atoms with van der Waals surface area (Å²) in [7, 11) is 1.44. The van der Waals surface area contributed by atoms with Crippen LogP contribution >= 0.6 is 0 Å². The van der Waals surface area contributed by atoms with Crippen LogP contribution in [0.15, 0.2) is 24.3 Å². The second-order valence-corrected chi connectivity index (χ2v) is 3.86. The molecular formula is C12H14N2O4. The fourth-order valence-corrected chi connectivity index (χ4v) is 1.50. The number of nitrogens with zero attached hydrogens (tertiary/aromatic N) is 1. The molecule has 1 aromatic carbocycles. The van der Waals surface area contributed by atoms with E-state index in [4.69, 9.17) is 10.8 Å². The van der Waals surface area contributed by atoms with E-state index in [2.05, 4.69) is 0 Å². The van der Waals surface area contributed by atoms with E-state index in [9.17, 15) is 14.4 Å². The highest BCUT2D eigenvalue weighted by atomic mass is 16.4. The first-order chi connectivity index (χ1) is 8.41. The number of carbonyl (C=O) groups is 3. The Morgan fingerprint density at radius 1 is 1.28 bits per heavy atom. The first-order valence-electron chi connectivity index (χ1n) is 5.25. The molecule has 0 aliphatic heterocycles. The number of likely N-dealkylation sites (N-methyl/N-ethyl adjacent to an activating group) is 1. The third kappa shape index (κ3) is 3.58. The molecule has 3 N–H and O–H groups in total. The quantitative estimate of drug-likeness (QED) is 0.760. The van der Waals surface area contributed by atoms with Crippen LogP contribution in [0, 0.1) is 0 Å². The zero-order valence-electron chi connectivity index (χ0n) is 9.92. The molecule has 0 aliphatic rings. The van der Waals surface area contributed by atoms with E-state index >= 15 is 0 Å². The van der Waals surface area contributed by atoms with Gasteiger partial charge in [0.05, 0.1) is 18.5 Å². The van der Waals surface area contributed by atoms with E-state index < -0.39 is 11.9 Å². The van der Waals surface area contributed by atoms with Crippen molar-refractivity contribution in [1.82, 2.24) is 4.90 Å². The van der Waals surface area contributed by atoms with Crippen LogP contribution in [0.4, 0.5) is 0 Å². The molecule has 0 bridgehead atoms. The number of hydrogen-bond acceptors (Lipinski definition) is 3. The highest BCUT2D eigenvalue weighted by molar-refractivity contribution is 5.92. The molecule has 18 heavy (non-hydrogen) atoms. The van der Waals surface area contributed by atoms with Crippen LogP contribution in [0.2, 0.25) is 0 Å². The van der Waals surface area contributed by atoms with Crippen LogP contribution in [0.5, 0.6) is 0 Å². The van der Waals surface area contributed by atoms with Crippen molar-refractivity contribution in [3.63, 3.8) is 0 Å². The number of amides is 2. The SMILES string of the molecule is CN(CC(N)=O)C(=O)Cc1ccccc1C(=O)O. The van der Waals surface area contributed by atoms with Crippen LogP contribution in [-0.4, -0.2) is 41.4 Å². The monoisotopic (exact) mass is 250 g/mol.